The number of benzene rings is 1. The van der Waals surface area contributed by atoms with E-state index in [9.17, 15) is 5.26 Å². The van der Waals surface area contributed by atoms with E-state index in [2.05, 4.69) is 37.1 Å². The van der Waals surface area contributed by atoms with E-state index in [1.54, 1.807) is 6.20 Å². The van der Waals surface area contributed by atoms with Gasteiger partial charge in [-0.15, -0.1) is 0 Å². The molecule has 1 unspecified atom stereocenters. The average molecular weight is 282 g/mol. The van der Waals surface area contributed by atoms with Crippen LogP contribution in [0.1, 0.15) is 32.8 Å². The normalized spacial score (nSPS) is 13.9. The fraction of sp³-hybridized carbons (Fsp3) is 0.412. The van der Waals surface area contributed by atoms with Crippen molar-refractivity contribution in [2.45, 2.75) is 32.7 Å². The molecule has 4 heteroatoms. The van der Waals surface area contributed by atoms with Crippen molar-refractivity contribution in [2.24, 2.45) is 11.7 Å². The number of nitrogens with one attached hydrogen (secondary N) is 1. The molecule has 21 heavy (non-hydrogen) atoms. The maximum Gasteiger partial charge on any atom is 0.103 e. The van der Waals surface area contributed by atoms with Gasteiger partial charge < -0.3 is 11.1 Å². The van der Waals surface area contributed by atoms with Gasteiger partial charge in [0, 0.05) is 23.7 Å². The van der Waals surface area contributed by atoms with Crippen molar-refractivity contribution in [3.8, 4) is 6.07 Å². The lowest BCUT2D eigenvalue weighted by Crippen LogP contribution is -2.43. The summed E-state index contributed by atoms with van der Waals surface area (Å²) in [6, 6.07) is 10.1. The predicted molar refractivity (Wildman–Crippen MR) is 87.0 cm³/mol. The third kappa shape index (κ3) is 3.32. The molecule has 0 saturated carbocycles. The summed E-state index contributed by atoms with van der Waals surface area (Å²) < 4.78 is 0. The van der Waals surface area contributed by atoms with Gasteiger partial charge in [-0.05, 0) is 25.3 Å². The van der Waals surface area contributed by atoms with Gasteiger partial charge in [0.1, 0.15) is 6.07 Å². The number of pyridine rings is 1. The quantitative estimate of drug-likeness (QED) is 0.882. The molecule has 1 aromatic heterocycles. The van der Waals surface area contributed by atoms with Gasteiger partial charge in [-0.3, -0.25) is 4.98 Å². The molecule has 2 rings (SSSR count). The molecule has 0 bridgehead atoms. The molecule has 0 amide bonds. The van der Waals surface area contributed by atoms with E-state index in [0.717, 1.165) is 23.0 Å². The first-order valence-corrected chi connectivity index (χ1v) is 7.25. The lowest BCUT2D eigenvalue weighted by atomic mass is 9.90. The van der Waals surface area contributed by atoms with Gasteiger partial charge in [0.2, 0.25) is 0 Å². The Balaban J connectivity index is 2.52. The molecule has 1 atom stereocenters. The summed E-state index contributed by atoms with van der Waals surface area (Å²) in [7, 11) is 0. The Hall–Kier alpha value is -2.12. The summed E-state index contributed by atoms with van der Waals surface area (Å²) in [5.41, 5.74) is 7.99. The molecule has 0 aliphatic carbocycles. The summed E-state index contributed by atoms with van der Waals surface area (Å²) in [4.78, 5) is 4.34. The molecular formula is C17H22N4. The Kier molecular flexibility index (Phi) is 4.44. The Morgan fingerprint density at radius 3 is 2.71 bits per heavy atom. The van der Waals surface area contributed by atoms with Gasteiger partial charge in [-0.1, -0.05) is 32.0 Å². The molecule has 0 aliphatic heterocycles. The molecule has 1 heterocycles. The standard InChI is InChI=1S/C17H22N4/c1-12(2)8-17(3,11-19)21-16-13(9-18)10-20-15-7-5-4-6-14(15)16/h4-7,10,12H,8,11,19H2,1-3H3,(H,20,21). The molecule has 4 nitrogen and oxygen atoms in total. The molecular weight excluding hydrogens is 260 g/mol. The Morgan fingerprint density at radius 1 is 1.38 bits per heavy atom. The molecule has 3 N–H and O–H groups in total. The number of fused-ring (bicyclic) bond motifs is 1. The SMILES string of the molecule is CC(C)CC(C)(CN)Nc1c(C#N)cnc2ccccc12. The van der Waals surface area contributed by atoms with Crippen LogP contribution in [0.25, 0.3) is 10.9 Å². The van der Waals surface area contributed by atoms with Crippen LogP contribution in [-0.2, 0) is 0 Å². The maximum atomic E-state index is 9.37. The number of para-hydroxylation sites is 1. The summed E-state index contributed by atoms with van der Waals surface area (Å²) in [5, 5.41) is 13.8. The highest BCUT2D eigenvalue weighted by molar-refractivity contribution is 5.94. The Bertz CT molecular complexity index is 672. The highest BCUT2D eigenvalue weighted by Gasteiger charge is 2.25. The summed E-state index contributed by atoms with van der Waals surface area (Å²) in [5.74, 6) is 0.518. The van der Waals surface area contributed by atoms with Crippen LogP contribution in [0.2, 0.25) is 0 Å². The van der Waals surface area contributed by atoms with Crippen molar-refractivity contribution < 1.29 is 0 Å². The molecule has 2 aromatic rings. The van der Waals surface area contributed by atoms with E-state index in [1.165, 1.54) is 0 Å². The number of hydrogen-bond acceptors (Lipinski definition) is 4. The van der Waals surface area contributed by atoms with Crippen molar-refractivity contribution in [3.63, 3.8) is 0 Å². The van der Waals surface area contributed by atoms with Crippen LogP contribution < -0.4 is 11.1 Å². The predicted octanol–water partition coefficient (Wildman–Crippen LogP) is 3.28. The monoisotopic (exact) mass is 282 g/mol. The Labute approximate surface area is 126 Å². The van der Waals surface area contributed by atoms with E-state index in [4.69, 9.17) is 5.73 Å². The van der Waals surface area contributed by atoms with Crippen molar-refractivity contribution in [1.82, 2.24) is 4.98 Å². The van der Waals surface area contributed by atoms with Crippen LogP contribution in [0.3, 0.4) is 0 Å². The van der Waals surface area contributed by atoms with Gasteiger partial charge in [0.05, 0.1) is 16.8 Å². The topological polar surface area (TPSA) is 74.7 Å². The van der Waals surface area contributed by atoms with Crippen molar-refractivity contribution in [3.05, 3.63) is 36.0 Å². The first-order valence-electron chi connectivity index (χ1n) is 7.25. The molecule has 0 saturated heterocycles. The van der Waals surface area contributed by atoms with Crippen LogP contribution >= 0.6 is 0 Å². The summed E-state index contributed by atoms with van der Waals surface area (Å²) in [6.07, 6.45) is 2.56. The highest BCUT2D eigenvalue weighted by atomic mass is 15.0. The van der Waals surface area contributed by atoms with Gasteiger partial charge in [0.25, 0.3) is 0 Å². The summed E-state index contributed by atoms with van der Waals surface area (Å²) in [6.45, 7) is 6.95. The number of nitrogens with zero attached hydrogens (tertiary/aromatic N) is 2. The van der Waals surface area contributed by atoms with E-state index >= 15 is 0 Å². The van der Waals surface area contributed by atoms with Crippen LogP contribution in [0.15, 0.2) is 30.5 Å². The molecule has 110 valence electrons. The lowest BCUT2D eigenvalue weighted by Gasteiger charge is -2.33. The second kappa shape index (κ2) is 6.11. The van der Waals surface area contributed by atoms with Crippen LogP contribution in [0.5, 0.6) is 0 Å². The van der Waals surface area contributed by atoms with Crippen molar-refractivity contribution in [2.75, 3.05) is 11.9 Å². The Morgan fingerprint density at radius 2 is 2.10 bits per heavy atom. The zero-order chi connectivity index (χ0) is 15.5. The minimum absolute atomic E-state index is 0.246. The smallest absolute Gasteiger partial charge is 0.103 e. The van der Waals surface area contributed by atoms with Gasteiger partial charge in [-0.2, -0.15) is 5.26 Å². The number of nitriles is 1. The van der Waals surface area contributed by atoms with Gasteiger partial charge in [-0.25, -0.2) is 0 Å². The maximum absolute atomic E-state index is 9.37. The first kappa shape index (κ1) is 15.3. The largest absolute Gasteiger partial charge is 0.377 e. The van der Waals surface area contributed by atoms with Crippen molar-refractivity contribution >= 4 is 16.6 Å². The lowest BCUT2D eigenvalue weighted by molar-refractivity contribution is 0.407. The van der Waals surface area contributed by atoms with E-state index < -0.39 is 0 Å². The van der Waals surface area contributed by atoms with E-state index in [-0.39, 0.29) is 5.54 Å². The van der Waals surface area contributed by atoms with E-state index in [0.29, 0.717) is 18.0 Å². The summed E-state index contributed by atoms with van der Waals surface area (Å²) >= 11 is 0. The van der Waals surface area contributed by atoms with Gasteiger partial charge in [0.15, 0.2) is 0 Å². The number of nitrogens with two attached hydrogens (primary N) is 1. The zero-order valence-electron chi connectivity index (χ0n) is 12.9. The van der Waals surface area contributed by atoms with E-state index in [1.807, 2.05) is 24.3 Å². The second-order valence-electron chi connectivity index (χ2n) is 6.16. The number of aromatic nitrogens is 1. The third-order valence-corrected chi connectivity index (χ3v) is 3.63. The number of hydrogen-bond donors (Lipinski definition) is 2. The first-order chi connectivity index (χ1) is 9.99. The molecule has 0 radical (unpaired) electrons. The van der Waals surface area contributed by atoms with Gasteiger partial charge >= 0.3 is 0 Å². The van der Waals surface area contributed by atoms with Crippen molar-refractivity contribution in [1.29, 1.82) is 5.26 Å². The molecule has 0 fully saturated rings. The minimum atomic E-state index is -0.246. The van der Waals surface area contributed by atoms with Crippen LogP contribution in [0, 0.1) is 17.2 Å². The second-order valence-corrected chi connectivity index (χ2v) is 6.16. The van der Waals surface area contributed by atoms with Crippen LogP contribution in [-0.4, -0.2) is 17.1 Å². The molecule has 0 spiro atoms. The number of anilines is 1. The fourth-order valence-corrected chi connectivity index (χ4v) is 2.75. The number of rotatable bonds is 5. The third-order valence-electron chi connectivity index (χ3n) is 3.63. The molecule has 1 aromatic carbocycles. The average Bonchev–Trinajstić information content (AvgIpc) is 2.47. The molecule has 0 aliphatic rings. The zero-order valence-corrected chi connectivity index (χ0v) is 12.9. The fourth-order valence-electron chi connectivity index (χ4n) is 2.75. The minimum Gasteiger partial charge on any atom is -0.377 e. The highest BCUT2D eigenvalue weighted by Crippen LogP contribution is 2.30. The van der Waals surface area contributed by atoms with Crippen LogP contribution in [0.4, 0.5) is 5.69 Å².